The van der Waals surface area contributed by atoms with Crippen molar-refractivity contribution in [1.29, 1.82) is 0 Å². The first-order valence-corrected chi connectivity index (χ1v) is 7.43. The molecule has 1 aromatic carbocycles. The van der Waals surface area contributed by atoms with Crippen molar-refractivity contribution in [2.24, 2.45) is 4.99 Å². The minimum atomic E-state index is -3.47. The Morgan fingerprint density at radius 3 is 2.57 bits per heavy atom. The van der Waals surface area contributed by atoms with Crippen molar-refractivity contribution in [3.05, 3.63) is 36.9 Å². The largest absolute Gasteiger partial charge is 0.497 e. The molecule has 7 heteroatoms. The molecule has 0 radical (unpaired) electrons. The lowest BCUT2D eigenvalue weighted by Gasteiger charge is -2.16. The Bertz CT molecular complexity index is 559. The number of halogens is 3. The molecule has 0 unspecified atom stereocenters. The number of esters is 1. The van der Waals surface area contributed by atoms with Crippen LogP contribution in [0.25, 0.3) is 0 Å². The van der Waals surface area contributed by atoms with Crippen LogP contribution in [0.5, 0.6) is 5.75 Å². The second-order valence-electron chi connectivity index (χ2n) is 4.53. The highest BCUT2D eigenvalue weighted by Gasteiger charge is 2.40. The number of methoxy groups -OCH3 is 1. The molecule has 0 aliphatic heterocycles. The van der Waals surface area contributed by atoms with E-state index in [1.165, 1.54) is 19.2 Å². The zero-order chi connectivity index (χ0) is 17.3. The molecule has 1 aromatic rings. The van der Waals surface area contributed by atoms with Gasteiger partial charge < -0.3 is 9.47 Å². The maximum atomic E-state index is 14.1. The zero-order valence-electron chi connectivity index (χ0n) is 12.7. The molecular weight excluding hydrogens is 328 g/mol. The normalized spacial score (nSPS) is 11.9. The summed E-state index contributed by atoms with van der Waals surface area (Å²) in [6, 6.07) is 6.05. The van der Waals surface area contributed by atoms with Crippen molar-refractivity contribution in [1.82, 2.24) is 0 Å². The summed E-state index contributed by atoms with van der Waals surface area (Å²) in [6.07, 6.45) is 0.679. The van der Waals surface area contributed by atoms with E-state index in [-0.39, 0.29) is 18.2 Å². The minimum Gasteiger partial charge on any atom is -0.497 e. The molecular formula is C16H18ClF2NO3. The van der Waals surface area contributed by atoms with Crippen LogP contribution in [0.4, 0.5) is 14.5 Å². The molecule has 126 valence electrons. The Morgan fingerprint density at radius 1 is 1.39 bits per heavy atom. The summed E-state index contributed by atoms with van der Waals surface area (Å²) < 4.78 is 38.0. The Morgan fingerprint density at radius 2 is 2.04 bits per heavy atom. The van der Waals surface area contributed by atoms with Crippen molar-refractivity contribution in [3.8, 4) is 5.75 Å². The molecule has 0 aliphatic carbocycles. The van der Waals surface area contributed by atoms with Crippen LogP contribution in [0, 0.1) is 0 Å². The summed E-state index contributed by atoms with van der Waals surface area (Å²) in [7, 11) is 1.48. The molecule has 0 saturated heterocycles. The maximum Gasteiger partial charge on any atom is 0.359 e. The minimum absolute atomic E-state index is 0.0475. The van der Waals surface area contributed by atoms with Gasteiger partial charge in [0, 0.05) is 12.3 Å². The van der Waals surface area contributed by atoms with Gasteiger partial charge in [0.1, 0.15) is 5.75 Å². The van der Waals surface area contributed by atoms with E-state index in [1.54, 1.807) is 12.1 Å². The van der Waals surface area contributed by atoms with Crippen molar-refractivity contribution in [2.75, 3.05) is 19.6 Å². The summed E-state index contributed by atoms with van der Waals surface area (Å²) in [5.74, 6) is -3.83. The predicted octanol–water partition coefficient (Wildman–Crippen LogP) is 4.15. The first-order valence-electron chi connectivity index (χ1n) is 6.89. The number of aliphatic imine (C=N–C) groups is 1. The molecule has 1 rings (SSSR count). The van der Waals surface area contributed by atoms with Gasteiger partial charge in [0.25, 0.3) is 5.92 Å². The highest BCUT2D eigenvalue weighted by Crippen LogP contribution is 2.26. The number of allylic oxidation sites excluding steroid dienone is 1. The van der Waals surface area contributed by atoms with E-state index in [2.05, 4.69) is 11.6 Å². The Labute approximate surface area is 138 Å². The van der Waals surface area contributed by atoms with Gasteiger partial charge in [-0.25, -0.2) is 9.79 Å². The van der Waals surface area contributed by atoms with Gasteiger partial charge in [0.05, 0.1) is 19.4 Å². The van der Waals surface area contributed by atoms with Gasteiger partial charge in [-0.15, -0.1) is 18.2 Å². The summed E-state index contributed by atoms with van der Waals surface area (Å²) in [5, 5.41) is 0. The molecule has 4 nitrogen and oxygen atoms in total. The molecule has 0 bridgehead atoms. The third kappa shape index (κ3) is 5.98. The van der Waals surface area contributed by atoms with Crippen molar-refractivity contribution in [2.45, 2.75) is 18.8 Å². The van der Waals surface area contributed by atoms with E-state index in [0.717, 1.165) is 6.08 Å². The fraction of sp³-hybridized carbons (Fsp3) is 0.375. The Balaban J connectivity index is 3.08. The number of ether oxygens (including phenoxy) is 2. The van der Waals surface area contributed by atoms with Crippen LogP contribution in [0.2, 0.25) is 0 Å². The SMILES string of the molecule is C=CCC(F)(F)C(=Nc1ccc(OC)cc1)C(=O)OCCCCl. The molecule has 0 saturated carbocycles. The van der Waals surface area contributed by atoms with Crippen molar-refractivity contribution >= 4 is 29.0 Å². The van der Waals surface area contributed by atoms with Crippen LogP contribution in [0.3, 0.4) is 0 Å². The van der Waals surface area contributed by atoms with E-state index in [0.29, 0.717) is 12.2 Å². The fourth-order valence-electron chi connectivity index (χ4n) is 1.63. The molecule has 0 spiro atoms. The fourth-order valence-corrected chi connectivity index (χ4v) is 1.74. The monoisotopic (exact) mass is 345 g/mol. The number of rotatable bonds is 9. The van der Waals surface area contributed by atoms with Crippen LogP contribution in [-0.2, 0) is 9.53 Å². The van der Waals surface area contributed by atoms with Crippen LogP contribution >= 0.6 is 11.6 Å². The predicted molar refractivity (Wildman–Crippen MR) is 86.1 cm³/mol. The molecule has 0 fully saturated rings. The van der Waals surface area contributed by atoms with E-state index in [4.69, 9.17) is 21.1 Å². The first-order chi connectivity index (χ1) is 10.9. The Kier molecular flexibility index (Phi) is 7.68. The second-order valence-corrected chi connectivity index (χ2v) is 4.91. The van der Waals surface area contributed by atoms with Gasteiger partial charge in [-0.3, -0.25) is 0 Å². The lowest BCUT2D eigenvalue weighted by Crippen LogP contribution is -2.36. The van der Waals surface area contributed by atoms with Gasteiger partial charge in [0.15, 0.2) is 5.71 Å². The standard InChI is InChI=1S/C16H18ClF2NO3/c1-3-9-16(18,19)14(15(21)23-11-4-10-17)20-12-5-7-13(22-2)8-6-12/h3,5-8H,1,4,9-11H2,2H3. The van der Waals surface area contributed by atoms with Gasteiger partial charge in [0.2, 0.25) is 0 Å². The van der Waals surface area contributed by atoms with E-state index < -0.39 is 24.0 Å². The highest BCUT2D eigenvalue weighted by molar-refractivity contribution is 6.39. The average molecular weight is 346 g/mol. The van der Waals surface area contributed by atoms with Crippen LogP contribution < -0.4 is 4.74 Å². The summed E-state index contributed by atoms with van der Waals surface area (Å²) in [5.41, 5.74) is -0.768. The number of hydrogen-bond donors (Lipinski definition) is 0. The number of carbonyl (C=O) groups is 1. The molecule has 0 N–H and O–H groups in total. The zero-order valence-corrected chi connectivity index (χ0v) is 13.5. The number of nitrogens with zero attached hydrogens (tertiary/aromatic N) is 1. The van der Waals surface area contributed by atoms with Gasteiger partial charge in [-0.1, -0.05) is 6.08 Å². The third-order valence-electron chi connectivity index (χ3n) is 2.76. The summed E-state index contributed by atoms with van der Waals surface area (Å²) in [4.78, 5) is 15.7. The summed E-state index contributed by atoms with van der Waals surface area (Å²) >= 11 is 5.47. The van der Waals surface area contributed by atoms with Gasteiger partial charge in [-0.05, 0) is 30.7 Å². The number of carbonyl (C=O) groups excluding carboxylic acids is 1. The van der Waals surface area contributed by atoms with Crippen LogP contribution in [0.1, 0.15) is 12.8 Å². The molecule has 0 aliphatic rings. The third-order valence-corrected chi connectivity index (χ3v) is 3.03. The van der Waals surface area contributed by atoms with Gasteiger partial charge >= 0.3 is 5.97 Å². The van der Waals surface area contributed by atoms with Crippen LogP contribution in [-0.4, -0.2) is 37.2 Å². The highest BCUT2D eigenvalue weighted by atomic mass is 35.5. The number of hydrogen-bond acceptors (Lipinski definition) is 4. The molecule has 23 heavy (non-hydrogen) atoms. The number of benzene rings is 1. The number of alkyl halides is 3. The molecule has 0 amide bonds. The molecule has 0 aromatic heterocycles. The topological polar surface area (TPSA) is 47.9 Å². The molecule has 0 atom stereocenters. The summed E-state index contributed by atoms with van der Waals surface area (Å²) in [6.45, 7) is 3.22. The van der Waals surface area contributed by atoms with Crippen LogP contribution in [0.15, 0.2) is 41.9 Å². The van der Waals surface area contributed by atoms with E-state index >= 15 is 0 Å². The maximum absolute atomic E-state index is 14.1. The molecule has 0 heterocycles. The van der Waals surface area contributed by atoms with Crippen molar-refractivity contribution < 1.29 is 23.0 Å². The smallest absolute Gasteiger partial charge is 0.359 e. The van der Waals surface area contributed by atoms with Gasteiger partial charge in [-0.2, -0.15) is 8.78 Å². The van der Waals surface area contributed by atoms with E-state index in [1.807, 2.05) is 0 Å². The van der Waals surface area contributed by atoms with Crippen molar-refractivity contribution in [3.63, 3.8) is 0 Å². The lowest BCUT2D eigenvalue weighted by molar-refractivity contribution is -0.137. The average Bonchev–Trinajstić information content (AvgIpc) is 2.53. The lowest BCUT2D eigenvalue weighted by atomic mass is 10.1. The Hall–Kier alpha value is -1.95. The quantitative estimate of drug-likeness (QED) is 0.222. The first kappa shape index (κ1) is 19.1. The van der Waals surface area contributed by atoms with E-state index in [9.17, 15) is 13.6 Å². The second kappa shape index (κ2) is 9.25.